The number of hydrogen-bond acceptors (Lipinski definition) is 2. The van der Waals surface area contributed by atoms with E-state index < -0.39 is 0 Å². The minimum Gasteiger partial charge on any atom is -0.380 e. The Bertz CT molecular complexity index is 186. The number of ether oxygens (including phenoxy) is 1. The molecule has 1 saturated heterocycles. The van der Waals surface area contributed by atoms with Gasteiger partial charge in [0.2, 0.25) is 5.91 Å². The molecule has 4 heteroatoms. The van der Waals surface area contributed by atoms with Crippen LogP contribution in [0.3, 0.4) is 0 Å². The third kappa shape index (κ3) is 2.58. The van der Waals surface area contributed by atoms with Gasteiger partial charge in [-0.05, 0) is 6.42 Å². The van der Waals surface area contributed by atoms with Crippen molar-refractivity contribution in [2.75, 3.05) is 26.1 Å². The van der Waals surface area contributed by atoms with Crippen molar-refractivity contribution in [3.63, 3.8) is 0 Å². The standard InChI is InChI=1S/C9H16ClNO2/c1-7(5-10)9(12)11-4-3-8(6-11)13-2/h7-8H,3-6H2,1-2H3. The lowest BCUT2D eigenvalue weighted by Crippen LogP contribution is -2.34. The van der Waals surface area contributed by atoms with Crippen LogP contribution in [0.15, 0.2) is 0 Å². The Balaban J connectivity index is 2.41. The third-order valence-corrected chi connectivity index (χ3v) is 2.91. The highest BCUT2D eigenvalue weighted by atomic mass is 35.5. The summed E-state index contributed by atoms with van der Waals surface area (Å²) in [6.45, 7) is 3.38. The molecule has 0 aromatic carbocycles. The number of rotatable bonds is 3. The summed E-state index contributed by atoms with van der Waals surface area (Å²) < 4.78 is 5.18. The molecule has 1 aliphatic rings. The fraction of sp³-hybridized carbons (Fsp3) is 0.889. The minimum absolute atomic E-state index is 0.0720. The van der Waals surface area contributed by atoms with Crippen LogP contribution in [0.2, 0.25) is 0 Å². The van der Waals surface area contributed by atoms with Crippen LogP contribution in [0.5, 0.6) is 0 Å². The van der Waals surface area contributed by atoms with Gasteiger partial charge in [-0.3, -0.25) is 4.79 Å². The highest BCUT2D eigenvalue weighted by molar-refractivity contribution is 6.19. The number of methoxy groups -OCH3 is 1. The van der Waals surface area contributed by atoms with Crippen LogP contribution in [0.25, 0.3) is 0 Å². The largest absolute Gasteiger partial charge is 0.380 e. The smallest absolute Gasteiger partial charge is 0.226 e. The van der Waals surface area contributed by atoms with Crippen LogP contribution in [0.4, 0.5) is 0 Å². The molecule has 76 valence electrons. The van der Waals surface area contributed by atoms with Crippen molar-refractivity contribution in [3.05, 3.63) is 0 Å². The number of amides is 1. The van der Waals surface area contributed by atoms with Crippen LogP contribution in [-0.4, -0.2) is 43.0 Å². The molecule has 1 rings (SSSR count). The van der Waals surface area contributed by atoms with Gasteiger partial charge in [-0.2, -0.15) is 0 Å². The van der Waals surface area contributed by atoms with Gasteiger partial charge in [0.25, 0.3) is 0 Å². The minimum atomic E-state index is -0.0720. The highest BCUT2D eigenvalue weighted by Crippen LogP contribution is 2.15. The predicted molar refractivity (Wildman–Crippen MR) is 51.9 cm³/mol. The van der Waals surface area contributed by atoms with Gasteiger partial charge in [-0.15, -0.1) is 11.6 Å². The first-order chi connectivity index (χ1) is 6.19. The van der Waals surface area contributed by atoms with Gasteiger partial charge in [0.1, 0.15) is 0 Å². The molecule has 1 heterocycles. The second-order valence-electron chi connectivity index (χ2n) is 3.49. The van der Waals surface area contributed by atoms with Gasteiger partial charge in [-0.25, -0.2) is 0 Å². The molecular weight excluding hydrogens is 190 g/mol. The molecule has 0 aromatic heterocycles. The van der Waals surface area contributed by atoms with Crippen molar-refractivity contribution in [1.82, 2.24) is 4.90 Å². The first-order valence-electron chi connectivity index (χ1n) is 4.56. The summed E-state index contributed by atoms with van der Waals surface area (Å²) in [5, 5.41) is 0. The third-order valence-electron chi connectivity index (χ3n) is 2.44. The molecule has 13 heavy (non-hydrogen) atoms. The predicted octanol–water partition coefficient (Wildman–Crippen LogP) is 1.11. The molecule has 3 nitrogen and oxygen atoms in total. The molecule has 1 amide bonds. The Morgan fingerprint density at radius 3 is 2.92 bits per heavy atom. The lowest BCUT2D eigenvalue weighted by molar-refractivity contribution is -0.133. The van der Waals surface area contributed by atoms with Gasteiger partial charge in [0.15, 0.2) is 0 Å². The van der Waals surface area contributed by atoms with E-state index in [-0.39, 0.29) is 17.9 Å². The number of halogens is 1. The van der Waals surface area contributed by atoms with Crippen molar-refractivity contribution in [1.29, 1.82) is 0 Å². The maximum atomic E-state index is 11.6. The summed E-state index contributed by atoms with van der Waals surface area (Å²) in [5.74, 6) is 0.472. The van der Waals surface area contributed by atoms with E-state index in [0.717, 1.165) is 19.5 Å². The van der Waals surface area contributed by atoms with E-state index in [4.69, 9.17) is 16.3 Å². The Labute approximate surface area is 84.0 Å². The van der Waals surface area contributed by atoms with Crippen LogP contribution in [0, 0.1) is 5.92 Å². The average molecular weight is 206 g/mol. The average Bonchev–Trinajstić information content (AvgIpc) is 2.63. The monoisotopic (exact) mass is 205 g/mol. The fourth-order valence-electron chi connectivity index (χ4n) is 1.50. The molecular formula is C9H16ClNO2. The van der Waals surface area contributed by atoms with Crippen molar-refractivity contribution in [3.8, 4) is 0 Å². The first-order valence-corrected chi connectivity index (χ1v) is 5.10. The molecule has 1 aliphatic heterocycles. The molecule has 2 unspecified atom stereocenters. The van der Waals surface area contributed by atoms with Gasteiger partial charge < -0.3 is 9.64 Å². The number of carbonyl (C=O) groups is 1. The van der Waals surface area contributed by atoms with E-state index in [1.165, 1.54) is 0 Å². The summed E-state index contributed by atoms with van der Waals surface area (Å²) in [6.07, 6.45) is 1.16. The van der Waals surface area contributed by atoms with Crippen LogP contribution < -0.4 is 0 Å². The highest BCUT2D eigenvalue weighted by Gasteiger charge is 2.28. The summed E-state index contributed by atoms with van der Waals surface area (Å²) >= 11 is 5.62. The zero-order chi connectivity index (χ0) is 9.84. The Hall–Kier alpha value is -0.280. The molecule has 0 N–H and O–H groups in total. The van der Waals surface area contributed by atoms with Gasteiger partial charge >= 0.3 is 0 Å². The molecule has 0 bridgehead atoms. The van der Waals surface area contributed by atoms with Crippen molar-refractivity contribution in [2.24, 2.45) is 5.92 Å². The normalized spacial score (nSPS) is 24.8. The number of hydrogen-bond donors (Lipinski definition) is 0. The molecule has 0 spiro atoms. The zero-order valence-corrected chi connectivity index (χ0v) is 8.88. The Kier molecular flexibility index (Phi) is 4.00. The maximum Gasteiger partial charge on any atom is 0.226 e. The SMILES string of the molecule is COC1CCN(C(=O)C(C)CCl)C1. The van der Waals surface area contributed by atoms with E-state index in [2.05, 4.69) is 0 Å². The Morgan fingerprint density at radius 2 is 2.46 bits per heavy atom. The van der Waals surface area contributed by atoms with E-state index in [1.807, 2.05) is 11.8 Å². The molecule has 0 aliphatic carbocycles. The van der Waals surface area contributed by atoms with Crippen molar-refractivity contribution < 1.29 is 9.53 Å². The summed E-state index contributed by atoms with van der Waals surface area (Å²) in [6, 6.07) is 0. The quantitative estimate of drug-likeness (QED) is 0.646. The van der Waals surface area contributed by atoms with Gasteiger partial charge in [-0.1, -0.05) is 6.92 Å². The van der Waals surface area contributed by atoms with Gasteiger partial charge in [0, 0.05) is 32.0 Å². The number of likely N-dealkylation sites (tertiary alicyclic amines) is 1. The molecule has 0 saturated carbocycles. The number of carbonyl (C=O) groups excluding carboxylic acids is 1. The van der Waals surface area contributed by atoms with Crippen molar-refractivity contribution >= 4 is 17.5 Å². The topological polar surface area (TPSA) is 29.5 Å². The lowest BCUT2D eigenvalue weighted by atomic mass is 10.2. The fourth-order valence-corrected chi connectivity index (χ4v) is 1.63. The van der Waals surface area contributed by atoms with E-state index in [1.54, 1.807) is 7.11 Å². The van der Waals surface area contributed by atoms with Crippen LogP contribution >= 0.6 is 11.6 Å². The summed E-state index contributed by atoms with van der Waals surface area (Å²) in [7, 11) is 1.68. The summed E-state index contributed by atoms with van der Waals surface area (Å²) in [4.78, 5) is 13.5. The van der Waals surface area contributed by atoms with E-state index in [0.29, 0.717) is 5.88 Å². The second kappa shape index (κ2) is 4.82. The molecule has 1 fully saturated rings. The number of alkyl halides is 1. The van der Waals surface area contributed by atoms with E-state index >= 15 is 0 Å². The zero-order valence-electron chi connectivity index (χ0n) is 8.12. The molecule has 0 radical (unpaired) electrons. The lowest BCUT2D eigenvalue weighted by Gasteiger charge is -2.19. The first kappa shape index (κ1) is 10.8. The Morgan fingerprint density at radius 1 is 1.77 bits per heavy atom. The van der Waals surface area contributed by atoms with E-state index in [9.17, 15) is 4.79 Å². The number of nitrogens with zero attached hydrogens (tertiary/aromatic N) is 1. The van der Waals surface area contributed by atoms with Gasteiger partial charge in [0.05, 0.1) is 6.10 Å². The summed E-state index contributed by atoms with van der Waals surface area (Å²) in [5.41, 5.74) is 0. The molecule has 0 aromatic rings. The van der Waals surface area contributed by atoms with Crippen LogP contribution in [0.1, 0.15) is 13.3 Å². The second-order valence-corrected chi connectivity index (χ2v) is 3.79. The van der Waals surface area contributed by atoms with Crippen LogP contribution in [-0.2, 0) is 9.53 Å². The van der Waals surface area contributed by atoms with Crippen molar-refractivity contribution in [2.45, 2.75) is 19.4 Å². The maximum absolute atomic E-state index is 11.6. The molecule has 2 atom stereocenters.